The van der Waals surface area contributed by atoms with Gasteiger partial charge in [0, 0.05) is 16.4 Å². The summed E-state index contributed by atoms with van der Waals surface area (Å²) in [5, 5.41) is 0. The van der Waals surface area contributed by atoms with Gasteiger partial charge in [-0.05, 0) is 31.0 Å². The third-order valence-corrected chi connectivity index (χ3v) is 4.22. The number of rotatable bonds is 3. The second kappa shape index (κ2) is 6.04. The first-order valence-electron chi connectivity index (χ1n) is 6.49. The molecule has 20 heavy (non-hydrogen) atoms. The molecule has 1 aliphatic rings. The average molecular weight is 299 g/mol. The fourth-order valence-electron chi connectivity index (χ4n) is 2.00. The SMILES string of the molecule is CCCC1=C(C)SCC(c2ccc(C(F)(F)F)cc2)=N1. The lowest BCUT2D eigenvalue weighted by atomic mass is 10.1. The van der Waals surface area contributed by atoms with Crippen LogP contribution in [0.25, 0.3) is 0 Å². The Morgan fingerprint density at radius 2 is 1.85 bits per heavy atom. The van der Waals surface area contributed by atoms with Crippen LogP contribution in [0.1, 0.15) is 37.8 Å². The van der Waals surface area contributed by atoms with Crippen molar-refractivity contribution in [2.75, 3.05) is 5.75 Å². The lowest BCUT2D eigenvalue weighted by molar-refractivity contribution is -0.137. The van der Waals surface area contributed by atoms with Crippen molar-refractivity contribution >= 4 is 17.5 Å². The van der Waals surface area contributed by atoms with Crippen LogP contribution < -0.4 is 0 Å². The lowest BCUT2D eigenvalue weighted by Crippen LogP contribution is -2.11. The number of nitrogens with zero attached hydrogens (tertiary/aromatic N) is 1. The third kappa shape index (κ3) is 3.45. The average Bonchev–Trinajstić information content (AvgIpc) is 2.41. The van der Waals surface area contributed by atoms with E-state index in [1.54, 1.807) is 11.8 Å². The molecule has 0 spiro atoms. The van der Waals surface area contributed by atoms with Crippen molar-refractivity contribution in [1.29, 1.82) is 0 Å². The minimum absolute atomic E-state index is 0.620. The standard InChI is InChI=1S/C15H16F3NS/c1-3-4-13-10(2)20-9-14(19-13)11-5-7-12(8-6-11)15(16,17)18/h5-8H,3-4,9H2,1-2H3. The van der Waals surface area contributed by atoms with Crippen molar-refractivity contribution in [3.05, 3.63) is 46.0 Å². The molecule has 5 heteroatoms. The summed E-state index contributed by atoms with van der Waals surface area (Å²) in [6.45, 7) is 4.13. The first-order chi connectivity index (χ1) is 9.41. The van der Waals surface area contributed by atoms with E-state index in [2.05, 4.69) is 11.9 Å². The molecule has 0 atom stereocenters. The van der Waals surface area contributed by atoms with Gasteiger partial charge in [0.25, 0.3) is 0 Å². The zero-order chi connectivity index (χ0) is 14.8. The quantitative estimate of drug-likeness (QED) is 0.740. The Morgan fingerprint density at radius 3 is 2.40 bits per heavy atom. The minimum Gasteiger partial charge on any atom is -0.256 e. The lowest BCUT2D eigenvalue weighted by Gasteiger charge is -2.17. The molecule has 1 aromatic carbocycles. The number of hydrogen-bond donors (Lipinski definition) is 0. The Kier molecular flexibility index (Phi) is 4.58. The Morgan fingerprint density at radius 1 is 1.20 bits per heavy atom. The van der Waals surface area contributed by atoms with E-state index >= 15 is 0 Å². The Bertz CT molecular complexity index is 541. The Labute approximate surface area is 121 Å². The molecule has 108 valence electrons. The molecule has 0 amide bonds. The molecule has 0 N–H and O–H groups in total. The Balaban J connectivity index is 2.26. The predicted molar refractivity (Wildman–Crippen MR) is 78.0 cm³/mol. The smallest absolute Gasteiger partial charge is 0.256 e. The molecule has 0 radical (unpaired) electrons. The molecular weight excluding hydrogens is 283 g/mol. The number of halogens is 3. The van der Waals surface area contributed by atoms with Gasteiger partial charge in [0.2, 0.25) is 0 Å². The maximum atomic E-state index is 12.5. The van der Waals surface area contributed by atoms with Gasteiger partial charge in [0.1, 0.15) is 0 Å². The van der Waals surface area contributed by atoms with E-state index in [-0.39, 0.29) is 0 Å². The fraction of sp³-hybridized carbons (Fsp3) is 0.400. The zero-order valence-corrected chi connectivity index (χ0v) is 12.2. The topological polar surface area (TPSA) is 12.4 Å². The van der Waals surface area contributed by atoms with Crippen LogP contribution in [0, 0.1) is 0 Å². The van der Waals surface area contributed by atoms with Crippen molar-refractivity contribution in [3.63, 3.8) is 0 Å². The highest BCUT2D eigenvalue weighted by molar-refractivity contribution is 8.03. The second-order valence-electron chi connectivity index (χ2n) is 4.68. The van der Waals surface area contributed by atoms with Crippen molar-refractivity contribution < 1.29 is 13.2 Å². The molecular formula is C15H16F3NS. The molecule has 1 aromatic rings. The number of benzene rings is 1. The van der Waals surface area contributed by atoms with Gasteiger partial charge in [0.05, 0.1) is 11.3 Å². The molecule has 2 rings (SSSR count). The van der Waals surface area contributed by atoms with Gasteiger partial charge < -0.3 is 0 Å². The van der Waals surface area contributed by atoms with Crippen LogP contribution in [-0.4, -0.2) is 11.5 Å². The Hall–Kier alpha value is -1.23. The number of allylic oxidation sites excluding steroid dienone is 2. The molecule has 0 saturated carbocycles. The molecule has 1 nitrogen and oxygen atoms in total. The summed E-state index contributed by atoms with van der Waals surface area (Å²) < 4.78 is 37.6. The van der Waals surface area contributed by atoms with Crippen molar-refractivity contribution in [3.8, 4) is 0 Å². The third-order valence-electron chi connectivity index (χ3n) is 3.13. The van der Waals surface area contributed by atoms with Gasteiger partial charge in [-0.3, -0.25) is 4.99 Å². The van der Waals surface area contributed by atoms with Gasteiger partial charge >= 0.3 is 6.18 Å². The van der Waals surface area contributed by atoms with Crippen LogP contribution in [0.15, 0.2) is 39.9 Å². The second-order valence-corrected chi connectivity index (χ2v) is 5.86. The number of hydrogen-bond acceptors (Lipinski definition) is 2. The van der Waals surface area contributed by atoms with Crippen LogP contribution in [0.3, 0.4) is 0 Å². The normalized spacial score (nSPS) is 16.4. The van der Waals surface area contributed by atoms with Gasteiger partial charge in [-0.15, -0.1) is 11.8 Å². The summed E-state index contributed by atoms with van der Waals surface area (Å²) in [4.78, 5) is 5.82. The van der Waals surface area contributed by atoms with E-state index in [0.29, 0.717) is 5.75 Å². The molecule has 0 aliphatic carbocycles. The number of aliphatic imine (C=N–C) groups is 1. The van der Waals surface area contributed by atoms with Crippen LogP contribution >= 0.6 is 11.8 Å². The van der Waals surface area contributed by atoms with E-state index < -0.39 is 11.7 Å². The number of thioether (sulfide) groups is 1. The molecule has 0 unspecified atom stereocenters. The minimum atomic E-state index is -4.29. The predicted octanol–water partition coefficient (Wildman–Crippen LogP) is 5.27. The maximum Gasteiger partial charge on any atom is 0.416 e. The van der Waals surface area contributed by atoms with E-state index in [9.17, 15) is 13.2 Å². The van der Waals surface area contributed by atoms with Crippen molar-refractivity contribution in [2.24, 2.45) is 4.99 Å². The molecule has 1 heterocycles. The number of alkyl halides is 3. The van der Waals surface area contributed by atoms with Crippen LogP contribution in [0.5, 0.6) is 0 Å². The van der Waals surface area contributed by atoms with E-state index in [4.69, 9.17) is 0 Å². The first-order valence-corrected chi connectivity index (χ1v) is 7.48. The monoisotopic (exact) mass is 299 g/mol. The molecule has 1 aliphatic heterocycles. The zero-order valence-electron chi connectivity index (χ0n) is 11.4. The fourth-order valence-corrected chi connectivity index (χ4v) is 2.90. The first kappa shape index (κ1) is 15.2. The summed E-state index contributed by atoms with van der Waals surface area (Å²) in [6, 6.07) is 5.25. The summed E-state index contributed by atoms with van der Waals surface area (Å²) in [5.74, 6) is 0.713. The van der Waals surface area contributed by atoms with E-state index in [0.717, 1.165) is 41.9 Å². The summed E-state index contributed by atoms with van der Waals surface area (Å²) >= 11 is 1.71. The molecule has 0 aromatic heterocycles. The van der Waals surface area contributed by atoms with Gasteiger partial charge in [0.15, 0.2) is 0 Å². The summed E-state index contributed by atoms with van der Waals surface area (Å²) in [5.41, 5.74) is 2.06. The molecule has 0 fully saturated rings. The highest BCUT2D eigenvalue weighted by atomic mass is 32.2. The van der Waals surface area contributed by atoms with Gasteiger partial charge in [-0.1, -0.05) is 25.5 Å². The van der Waals surface area contributed by atoms with Crippen molar-refractivity contribution in [1.82, 2.24) is 0 Å². The van der Waals surface area contributed by atoms with Crippen LogP contribution in [0.2, 0.25) is 0 Å². The summed E-state index contributed by atoms with van der Waals surface area (Å²) in [6.07, 6.45) is -2.37. The van der Waals surface area contributed by atoms with Gasteiger partial charge in [-0.2, -0.15) is 13.2 Å². The molecule has 0 bridgehead atoms. The molecule has 0 saturated heterocycles. The van der Waals surface area contributed by atoms with Crippen LogP contribution in [-0.2, 0) is 6.18 Å². The highest BCUT2D eigenvalue weighted by Crippen LogP contribution is 2.32. The summed E-state index contributed by atoms with van der Waals surface area (Å²) in [7, 11) is 0. The highest BCUT2D eigenvalue weighted by Gasteiger charge is 2.30. The van der Waals surface area contributed by atoms with E-state index in [1.807, 2.05) is 6.92 Å². The largest absolute Gasteiger partial charge is 0.416 e. The van der Waals surface area contributed by atoms with Gasteiger partial charge in [-0.25, -0.2) is 0 Å². The van der Waals surface area contributed by atoms with Crippen molar-refractivity contribution in [2.45, 2.75) is 32.9 Å². The van der Waals surface area contributed by atoms with Crippen LogP contribution in [0.4, 0.5) is 13.2 Å². The maximum absolute atomic E-state index is 12.5. The van der Waals surface area contributed by atoms with E-state index in [1.165, 1.54) is 17.0 Å².